The van der Waals surface area contributed by atoms with Crippen molar-refractivity contribution in [1.29, 1.82) is 0 Å². The summed E-state index contributed by atoms with van der Waals surface area (Å²) in [5.41, 5.74) is 8.26. The highest BCUT2D eigenvalue weighted by molar-refractivity contribution is 7.16. The van der Waals surface area contributed by atoms with Gasteiger partial charge in [-0.15, -0.1) is 11.3 Å². The average Bonchev–Trinajstić information content (AvgIpc) is 3.66. The van der Waals surface area contributed by atoms with Crippen molar-refractivity contribution in [1.82, 2.24) is 4.57 Å². The van der Waals surface area contributed by atoms with Gasteiger partial charge in [-0.2, -0.15) is 0 Å². The molecule has 0 aliphatic heterocycles. The highest BCUT2D eigenvalue weighted by Gasteiger charge is 2.13. The van der Waals surface area contributed by atoms with Gasteiger partial charge in [-0.05, 0) is 94.6 Å². The number of rotatable bonds is 7. The molecule has 0 spiro atoms. The van der Waals surface area contributed by atoms with Crippen LogP contribution in [0.15, 0.2) is 127 Å². The Morgan fingerprint density at radius 3 is 1.57 bits per heavy atom. The molecule has 2 aromatic heterocycles. The Bertz CT molecular complexity index is 1930. The van der Waals surface area contributed by atoms with E-state index < -0.39 is 0 Å². The maximum Gasteiger partial charge on any atom is 0.118 e. The Balaban J connectivity index is 1.35. The molecule has 0 fully saturated rings. The van der Waals surface area contributed by atoms with Crippen LogP contribution in [0.1, 0.15) is 4.88 Å². The van der Waals surface area contributed by atoms with Crippen LogP contribution in [0.2, 0.25) is 0 Å². The fraction of sp³-hybridized carbons (Fsp3) is 0.0526. The zero-order chi connectivity index (χ0) is 28.5. The summed E-state index contributed by atoms with van der Waals surface area (Å²) in [6, 6.07) is 44.9. The molecule has 0 saturated carbocycles. The Labute approximate surface area is 249 Å². The van der Waals surface area contributed by atoms with Crippen molar-refractivity contribution in [2.75, 3.05) is 14.2 Å². The smallest absolute Gasteiger partial charge is 0.118 e. The van der Waals surface area contributed by atoms with Crippen LogP contribution in [0.5, 0.6) is 11.5 Å². The summed E-state index contributed by atoms with van der Waals surface area (Å²) in [5, 5.41) is 2.43. The van der Waals surface area contributed by atoms with E-state index in [4.69, 9.17) is 9.47 Å². The van der Waals surface area contributed by atoms with Crippen LogP contribution in [0, 0.1) is 0 Å². The minimum absolute atomic E-state index is 0.856. The van der Waals surface area contributed by atoms with Gasteiger partial charge in [0, 0.05) is 26.7 Å². The van der Waals surface area contributed by atoms with Crippen LogP contribution in [-0.2, 0) is 0 Å². The largest absolute Gasteiger partial charge is 0.497 e. The molecule has 5 aromatic carbocycles. The summed E-state index contributed by atoms with van der Waals surface area (Å²) in [4.78, 5) is 2.49. The van der Waals surface area contributed by atoms with E-state index in [9.17, 15) is 0 Å². The summed E-state index contributed by atoms with van der Waals surface area (Å²) in [7, 11) is 3.39. The third kappa shape index (κ3) is 4.87. The van der Waals surface area contributed by atoms with E-state index in [1.165, 1.54) is 48.3 Å². The van der Waals surface area contributed by atoms with E-state index >= 15 is 0 Å². The topological polar surface area (TPSA) is 23.4 Å². The molecule has 7 aromatic rings. The third-order valence-corrected chi connectivity index (χ3v) is 8.82. The van der Waals surface area contributed by atoms with Gasteiger partial charge in [0.15, 0.2) is 0 Å². The van der Waals surface area contributed by atoms with Crippen LogP contribution in [0.25, 0.3) is 66.8 Å². The summed E-state index contributed by atoms with van der Waals surface area (Å²) in [5.74, 6) is 1.71. The quantitative estimate of drug-likeness (QED) is 0.193. The number of hydrogen-bond acceptors (Lipinski definition) is 3. The van der Waals surface area contributed by atoms with Gasteiger partial charge in [0.05, 0.1) is 25.3 Å². The molecule has 0 aliphatic carbocycles. The molecule has 0 atom stereocenters. The van der Waals surface area contributed by atoms with Gasteiger partial charge in [0.2, 0.25) is 0 Å². The number of methoxy groups -OCH3 is 2. The fourth-order valence-electron chi connectivity index (χ4n) is 5.49. The monoisotopic (exact) mass is 563 g/mol. The lowest BCUT2D eigenvalue weighted by molar-refractivity contribution is 0.415. The zero-order valence-corrected chi connectivity index (χ0v) is 24.3. The molecule has 0 radical (unpaired) electrons. The lowest BCUT2D eigenvalue weighted by Gasteiger charge is -2.05. The summed E-state index contributed by atoms with van der Waals surface area (Å²) in [6.07, 6.45) is 4.41. The van der Waals surface area contributed by atoms with Crippen LogP contribution in [-0.4, -0.2) is 18.8 Å². The number of hydrogen-bond donors (Lipinski definition) is 0. The van der Waals surface area contributed by atoms with E-state index in [0.29, 0.717) is 0 Å². The maximum atomic E-state index is 5.38. The van der Waals surface area contributed by atoms with E-state index in [0.717, 1.165) is 22.6 Å². The molecule has 204 valence electrons. The molecule has 42 heavy (non-hydrogen) atoms. The van der Waals surface area contributed by atoms with Crippen LogP contribution in [0.4, 0.5) is 0 Å². The van der Waals surface area contributed by atoms with Crippen LogP contribution in [0.3, 0.4) is 0 Å². The van der Waals surface area contributed by atoms with Crippen molar-refractivity contribution in [3.8, 4) is 44.2 Å². The first-order chi connectivity index (χ1) is 20.7. The van der Waals surface area contributed by atoms with Crippen molar-refractivity contribution in [3.05, 3.63) is 132 Å². The molecule has 0 bridgehead atoms. The second-order valence-corrected chi connectivity index (χ2v) is 11.3. The molecule has 0 N–H and O–H groups in total. The Kier molecular flexibility index (Phi) is 6.82. The minimum atomic E-state index is 0.856. The second kappa shape index (κ2) is 11.1. The molecule has 0 amide bonds. The van der Waals surface area contributed by atoms with Crippen molar-refractivity contribution in [2.24, 2.45) is 0 Å². The van der Waals surface area contributed by atoms with Crippen molar-refractivity contribution in [3.63, 3.8) is 0 Å². The van der Waals surface area contributed by atoms with Gasteiger partial charge < -0.3 is 14.0 Å². The Morgan fingerprint density at radius 1 is 0.524 bits per heavy atom. The van der Waals surface area contributed by atoms with Crippen molar-refractivity contribution >= 4 is 45.4 Å². The Morgan fingerprint density at radius 2 is 1.05 bits per heavy atom. The first-order valence-corrected chi connectivity index (χ1v) is 14.7. The number of fused-ring (bicyclic) bond motifs is 3. The van der Waals surface area contributed by atoms with Crippen LogP contribution >= 0.6 is 11.3 Å². The van der Waals surface area contributed by atoms with Gasteiger partial charge in [-0.1, -0.05) is 66.7 Å². The zero-order valence-electron chi connectivity index (χ0n) is 23.5. The molecule has 4 heteroatoms. The number of benzene rings is 5. The van der Waals surface area contributed by atoms with Gasteiger partial charge in [-0.3, -0.25) is 0 Å². The highest BCUT2D eigenvalue weighted by Crippen LogP contribution is 2.37. The van der Waals surface area contributed by atoms with E-state index in [-0.39, 0.29) is 0 Å². The van der Waals surface area contributed by atoms with E-state index in [1.807, 2.05) is 24.3 Å². The highest BCUT2D eigenvalue weighted by atomic mass is 32.1. The molecule has 0 unspecified atom stereocenters. The number of nitrogens with zero attached hydrogens (tertiary/aromatic N) is 1. The number of ether oxygens (including phenoxy) is 2. The predicted molar refractivity (Wildman–Crippen MR) is 178 cm³/mol. The predicted octanol–water partition coefficient (Wildman–Crippen LogP) is 10.5. The molecular weight excluding hydrogens is 534 g/mol. The standard InChI is InChI=1S/C38H29NO2S/c1-40-31-14-8-26(9-15-31)29-12-19-36-34(24-29)35-25-30(27-10-16-32(41-2)17-11-27)13-20-37(35)39(36)23-22-33-18-21-38(42-33)28-6-4-3-5-7-28/h3-25H,1-2H3/b23-22+. The SMILES string of the molecule is COc1ccc(-c2ccc3c(c2)c2cc(-c4ccc(OC)cc4)ccc2n3/C=C/c2ccc(-c3ccccc3)s2)cc1. The first-order valence-electron chi connectivity index (χ1n) is 13.9. The lowest BCUT2D eigenvalue weighted by Crippen LogP contribution is -1.86. The van der Waals surface area contributed by atoms with E-state index in [1.54, 1.807) is 25.6 Å². The summed E-state index contributed by atoms with van der Waals surface area (Å²) in [6.45, 7) is 0. The van der Waals surface area contributed by atoms with Crippen molar-refractivity contribution in [2.45, 2.75) is 0 Å². The molecule has 0 aliphatic rings. The molecule has 7 rings (SSSR count). The lowest BCUT2D eigenvalue weighted by atomic mass is 10.00. The molecule has 2 heterocycles. The van der Waals surface area contributed by atoms with Crippen LogP contribution < -0.4 is 9.47 Å². The normalized spacial score (nSPS) is 11.5. The molecular formula is C38H29NO2S. The number of aromatic nitrogens is 1. The van der Waals surface area contributed by atoms with E-state index in [2.05, 4.69) is 120 Å². The van der Waals surface area contributed by atoms with Gasteiger partial charge >= 0.3 is 0 Å². The fourth-order valence-corrected chi connectivity index (χ4v) is 6.40. The summed E-state index contributed by atoms with van der Waals surface area (Å²) < 4.78 is 13.1. The van der Waals surface area contributed by atoms with Gasteiger partial charge in [-0.25, -0.2) is 0 Å². The van der Waals surface area contributed by atoms with Crippen molar-refractivity contribution < 1.29 is 9.47 Å². The third-order valence-electron chi connectivity index (χ3n) is 7.72. The van der Waals surface area contributed by atoms with Gasteiger partial charge in [0.25, 0.3) is 0 Å². The molecule has 3 nitrogen and oxygen atoms in total. The Hall–Kier alpha value is -5.06. The average molecular weight is 564 g/mol. The summed E-state index contributed by atoms with van der Waals surface area (Å²) >= 11 is 1.80. The number of thiophene rings is 1. The minimum Gasteiger partial charge on any atom is -0.497 e. The van der Waals surface area contributed by atoms with Gasteiger partial charge in [0.1, 0.15) is 11.5 Å². The maximum absolute atomic E-state index is 5.38. The second-order valence-electron chi connectivity index (χ2n) is 10.2. The molecule has 0 saturated heterocycles. The first kappa shape index (κ1) is 25.9.